The first-order chi connectivity index (χ1) is 31.7. The Bertz CT molecular complexity index is 3680. The second-order valence-corrected chi connectivity index (χ2v) is 16.8. The average molecular weight is 818 g/mol. The van der Waals surface area contributed by atoms with E-state index in [0.29, 0.717) is 0 Å². The summed E-state index contributed by atoms with van der Waals surface area (Å²) >= 11 is 0. The van der Waals surface area contributed by atoms with E-state index in [1.165, 1.54) is 33.4 Å². The molecule has 10 aromatic carbocycles. The molecule has 0 spiro atoms. The van der Waals surface area contributed by atoms with Crippen molar-refractivity contribution in [2.75, 3.05) is 4.90 Å². The minimum absolute atomic E-state index is 0.540. The second kappa shape index (κ2) is 14.3. The molecule has 0 fully saturated rings. The molecular formula is C61H39NO2. The first-order valence-corrected chi connectivity index (χ1v) is 21.9. The van der Waals surface area contributed by atoms with Gasteiger partial charge in [0, 0.05) is 55.8 Å². The number of rotatable bonds is 7. The molecular weight excluding hydrogens is 779 g/mol. The first-order valence-electron chi connectivity index (χ1n) is 21.9. The fraction of sp³-hybridized carbons (Fsp3) is 0.0164. The Morgan fingerprint density at radius 3 is 1.48 bits per heavy atom. The highest BCUT2D eigenvalue weighted by molar-refractivity contribution is 6.11. The van der Waals surface area contributed by atoms with Crippen molar-refractivity contribution in [3.63, 3.8) is 0 Å². The van der Waals surface area contributed by atoms with Crippen LogP contribution in [0.5, 0.6) is 0 Å². The van der Waals surface area contributed by atoms with Gasteiger partial charge in [-0.25, -0.2) is 0 Å². The van der Waals surface area contributed by atoms with Gasteiger partial charge in [-0.2, -0.15) is 0 Å². The van der Waals surface area contributed by atoms with Gasteiger partial charge >= 0.3 is 0 Å². The van der Waals surface area contributed by atoms with Crippen LogP contribution in [0.25, 0.3) is 77.3 Å². The Morgan fingerprint density at radius 2 is 0.781 bits per heavy atom. The zero-order valence-electron chi connectivity index (χ0n) is 34.8. The lowest BCUT2D eigenvalue weighted by Gasteiger charge is -2.35. The number of para-hydroxylation sites is 3. The van der Waals surface area contributed by atoms with Crippen molar-refractivity contribution < 1.29 is 8.83 Å². The Kier molecular flexibility index (Phi) is 8.13. The number of anilines is 3. The van der Waals surface area contributed by atoms with E-state index in [1.54, 1.807) is 0 Å². The molecule has 0 saturated carbocycles. The van der Waals surface area contributed by atoms with E-state index >= 15 is 0 Å². The Morgan fingerprint density at radius 1 is 0.297 bits per heavy atom. The average Bonchev–Trinajstić information content (AvgIpc) is 4.03. The zero-order chi connectivity index (χ0) is 42.2. The molecule has 0 amide bonds. The summed E-state index contributed by atoms with van der Waals surface area (Å²) in [5.74, 6) is 0. The summed E-state index contributed by atoms with van der Waals surface area (Å²) in [5, 5.41) is 4.43. The summed E-state index contributed by atoms with van der Waals surface area (Å²) in [6.07, 6.45) is 0. The smallest absolute Gasteiger partial charge is 0.143 e. The summed E-state index contributed by atoms with van der Waals surface area (Å²) in [6, 6.07) is 85.1. The van der Waals surface area contributed by atoms with E-state index in [2.05, 4.69) is 229 Å². The second-order valence-electron chi connectivity index (χ2n) is 16.8. The van der Waals surface area contributed by atoms with Crippen molar-refractivity contribution in [2.24, 2.45) is 0 Å². The fourth-order valence-electron chi connectivity index (χ4n) is 10.6. The van der Waals surface area contributed by atoms with E-state index in [-0.39, 0.29) is 0 Å². The molecule has 2 heterocycles. The summed E-state index contributed by atoms with van der Waals surface area (Å²) in [4.78, 5) is 2.38. The normalized spacial score (nSPS) is 12.8. The van der Waals surface area contributed by atoms with E-state index < -0.39 is 5.41 Å². The highest BCUT2D eigenvalue weighted by Crippen LogP contribution is 2.57. The van der Waals surface area contributed by atoms with Crippen LogP contribution in [-0.2, 0) is 5.41 Å². The van der Waals surface area contributed by atoms with E-state index in [0.717, 1.165) is 83.2 Å². The molecule has 0 bridgehead atoms. The van der Waals surface area contributed by atoms with Crippen LogP contribution in [0, 0.1) is 0 Å². The van der Waals surface area contributed by atoms with Gasteiger partial charge in [0.05, 0.1) is 5.41 Å². The van der Waals surface area contributed by atoms with Crippen LogP contribution < -0.4 is 4.90 Å². The van der Waals surface area contributed by atoms with Gasteiger partial charge in [0.25, 0.3) is 0 Å². The Hall–Kier alpha value is -8.40. The minimum atomic E-state index is -0.540. The molecule has 3 nitrogen and oxygen atoms in total. The number of fused-ring (bicyclic) bond motifs is 9. The third-order valence-corrected chi connectivity index (χ3v) is 13.4. The maximum Gasteiger partial charge on any atom is 0.143 e. The molecule has 12 aromatic rings. The maximum absolute atomic E-state index is 6.87. The highest BCUT2D eigenvalue weighted by atomic mass is 16.3. The van der Waals surface area contributed by atoms with Crippen molar-refractivity contribution in [3.05, 3.63) is 259 Å². The number of hydrogen-bond acceptors (Lipinski definition) is 3. The third-order valence-electron chi connectivity index (χ3n) is 13.4. The highest BCUT2D eigenvalue weighted by Gasteiger charge is 2.46. The fourth-order valence-corrected chi connectivity index (χ4v) is 10.6. The van der Waals surface area contributed by atoms with E-state index in [4.69, 9.17) is 8.83 Å². The SMILES string of the molecule is c1ccc(-c2cccc3c2oc2cc(N(c4ccc(-c5cccc6c5oc5ccccc56)cc4)c4ccc5c(c4)C(c4ccccc4)(c4ccccc4)c4ccccc4-5)ccc23)cc1. The van der Waals surface area contributed by atoms with Gasteiger partial charge in [-0.05, 0) is 87.0 Å². The van der Waals surface area contributed by atoms with E-state index in [1.807, 2.05) is 12.1 Å². The van der Waals surface area contributed by atoms with Crippen molar-refractivity contribution in [1.29, 1.82) is 0 Å². The lowest BCUT2D eigenvalue weighted by Crippen LogP contribution is -2.28. The van der Waals surface area contributed by atoms with Crippen LogP contribution in [0.2, 0.25) is 0 Å². The Labute approximate surface area is 370 Å². The van der Waals surface area contributed by atoms with Crippen LogP contribution in [0.4, 0.5) is 17.1 Å². The van der Waals surface area contributed by atoms with Crippen molar-refractivity contribution in [1.82, 2.24) is 0 Å². The number of hydrogen-bond donors (Lipinski definition) is 0. The Balaban J connectivity index is 1.03. The lowest BCUT2D eigenvalue weighted by molar-refractivity contribution is 0.669. The number of nitrogens with zero attached hydrogens (tertiary/aromatic N) is 1. The predicted molar refractivity (Wildman–Crippen MR) is 264 cm³/mol. The third kappa shape index (κ3) is 5.41. The summed E-state index contributed by atoms with van der Waals surface area (Å²) in [7, 11) is 0. The van der Waals surface area contributed by atoms with Gasteiger partial charge in [0.1, 0.15) is 22.3 Å². The van der Waals surface area contributed by atoms with Crippen LogP contribution in [0.3, 0.4) is 0 Å². The molecule has 0 N–H and O–H groups in total. The monoisotopic (exact) mass is 817 g/mol. The van der Waals surface area contributed by atoms with Crippen molar-refractivity contribution in [2.45, 2.75) is 5.41 Å². The molecule has 0 unspecified atom stereocenters. The van der Waals surface area contributed by atoms with Crippen molar-refractivity contribution >= 4 is 60.9 Å². The van der Waals surface area contributed by atoms with E-state index in [9.17, 15) is 0 Å². The van der Waals surface area contributed by atoms with Crippen LogP contribution >= 0.6 is 0 Å². The van der Waals surface area contributed by atoms with Crippen LogP contribution in [0.1, 0.15) is 22.3 Å². The molecule has 0 radical (unpaired) electrons. The van der Waals surface area contributed by atoms with Gasteiger partial charge in [0.2, 0.25) is 0 Å². The summed E-state index contributed by atoms with van der Waals surface area (Å²) < 4.78 is 13.4. The topological polar surface area (TPSA) is 29.5 Å². The minimum Gasteiger partial charge on any atom is -0.455 e. The van der Waals surface area contributed by atoms with Crippen LogP contribution in [0.15, 0.2) is 245 Å². The molecule has 2 aromatic heterocycles. The molecule has 0 saturated heterocycles. The largest absolute Gasteiger partial charge is 0.455 e. The zero-order valence-corrected chi connectivity index (χ0v) is 34.8. The quantitative estimate of drug-likeness (QED) is 0.160. The standard InChI is InChI=1S/C61H39NO2/c1-4-16-40(17-5-1)47-24-14-27-54-52-37-35-46(39-58(52)64-60(47)54)62(44-32-30-41(31-33-44)48-25-15-26-53-51-23-11-13-29-57(51)63-59(48)53)45-34-36-50-49-22-10-12-28-55(49)61(56(50)38-45,42-18-6-2-7-19-42)43-20-8-3-9-21-43/h1-39H. The predicted octanol–water partition coefficient (Wildman–Crippen LogP) is 16.7. The first kappa shape index (κ1) is 36.3. The van der Waals surface area contributed by atoms with Crippen molar-refractivity contribution in [3.8, 4) is 33.4 Å². The van der Waals surface area contributed by atoms with Gasteiger partial charge in [-0.3, -0.25) is 0 Å². The number of benzene rings is 10. The molecule has 1 aliphatic rings. The number of furan rings is 2. The molecule has 3 heteroatoms. The lowest BCUT2D eigenvalue weighted by atomic mass is 9.67. The molecule has 64 heavy (non-hydrogen) atoms. The van der Waals surface area contributed by atoms with Crippen LogP contribution in [-0.4, -0.2) is 0 Å². The summed E-state index contributed by atoms with van der Waals surface area (Å²) in [5.41, 5.74) is 17.9. The summed E-state index contributed by atoms with van der Waals surface area (Å²) in [6.45, 7) is 0. The van der Waals surface area contributed by atoms with Gasteiger partial charge in [0.15, 0.2) is 0 Å². The maximum atomic E-state index is 6.87. The molecule has 13 rings (SSSR count). The molecule has 0 aliphatic heterocycles. The molecule has 300 valence electrons. The molecule has 1 aliphatic carbocycles. The molecule has 0 atom stereocenters. The van der Waals surface area contributed by atoms with Gasteiger partial charge in [-0.1, -0.05) is 188 Å². The van der Waals surface area contributed by atoms with Gasteiger partial charge < -0.3 is 13.7 Å². The van der Waals surface area contributed by atoms with Gasteiger partial charge in [-0.15, -0.1) is 0 Å².